The van der Waals surface area contributed by atoms with Crippen LogP contribution in [0.1, 0.15) is 71.6 Å². The number of carbonyl (C=O) groups excluding carboxylic acids is 1. The Hall–Kier alpha value is -0.940. The van der Waals surface area contributed by atoms with Gasteiger partial charge in [0.25, 0.3) is 5.91 Å². The van der Waals surface area contributed by atoms with Gasteiger partial charge in [0.1, 0.15) is 0 Å². The summed E-state index contributed by atoms with van der Waals surface area (Å²) in [6.07, 6.45) is 9.08. The van der Waals surface area contributed by atoms with Crippen LogP contribution in [0.2, 0.25) is 0 Å². The van der Waals surface area contributed by atoms with Crippen molar-refractivity contribution in [1.29, 1.82) is 0 Å². The standard InChI is InChI=1S/C17H32N2O3/c1-3-4-5-6-7-8-12-22-19-14-16(10-9-11-20)18-15(2)13-17(19)21/h16,20H,3-14H2,1-2H3. The number of aliphatic hydroxyl groups is 1. The molecule has 0 bridgehead atoms. The Balaban J connectivity index is 2.30. The summed E-state index contributed by atoms with van der Waals surface area (Å²) in [5.41, 5.74) is 0.860. The van der Waals surface area contributed by atoms with Crippen molar-refractivity contribution >= 4 is 11.6 Å². The maximum absolute atomic E-state index is 12.1. The average Bonchev–Trinajstić information content (AvgIpc) is 2.62. The first-order valence-corrected chi connectivity index (χ1v) is 8.74. The Morgan fingerprint density at radius 2 is 1.95 bits per heavy atom. The maximum atomic E-state index is 12.1. The summed E-state index contributed by atoms with van der Waals surface area (Å²) in [5.74, 6) is -0.00117. The molecule has 0 saturated heterocycles. The van der Waals surface area contributed by atoms with Crippen molar-refractivity contribution < 1.29 is 14.7 Å². The molecular formula is C17H32N2O3. The fraction of sp³-hybridized carbons (Fsp3) is 0.882. The SMILES string of the molecule is CCCCCCCCON1CC(CCCO)N=C(C)CC1=O. The highest BCUT2D eigenvalue weighted by atomic mass is 16.7. The van der Waals surface area contributed by atoms with Gasteiger partial charge in [-0.3, -0.25) is 14.6 Å². The zero-order valence-corrected chi connectivity index (χ0v) is 14.2. The molecule has 1 aliphatic rings. The number of carbonyl (C=O) groups is 1. The Morgan fingerprint density at radius 3 is 2.68 bits per heavy atom. The molecule has 1 heterocycles. The zero-order chi connectivity index (χ0) is 16.2. The van der Waals surface area contributed by atoms with E-state index in [0.717, 1.165) is 25.0 Å². The molecule has 1 atom stereocenters. The molecule has 128 valence electrons. The van der Waals surface area contributed by atoms with Crippen LogP contribution < -0.4 is 0 Å². The maximum Gasteiger partial charge on any atom is 0.251 e. The van der Waals surface area contributed by atoms with Gasteiger partial charge in [0.2, 0.25) is 0 Å². The third kappa shape index (κ3) is 7.90. The van der Waals surface area contributed by atoms with Crippen LogP contribution in [-0.2, 0) is 9.63 Å². The number of amides is 1. The molecule has 0 aromatic heterocycles. The lowest BCUT2D eigenvalue weighted by atomic mass is 10.1. The summed E-state index contributed by atoms with van der Waals surface area (Å²) < 4.78 is 0. The molecule has 1 N–H and O–H groups in total. The Morgan fingerprint density at radius 1 is 1.23 bits per heavy atom. The van der Waals surface area contributed by atoms with Crippen molar-refractivity contribution in [3.63, 3.8) is 0 Å². The molecule has 0 aromatic rings. The van der Waals surface area contributed by atoms with Gasteiger partial charge in [-0.1, -0.05) is 39.0 Å². The van der Waals surface area contributed by atoms with E-state index in [2.05, 4.69) is 11.9 Å². The minimum Gasteiger partial charge on any atom is -0.396 e. The fourth-order valence-corrected chi connectivity index (χ4v) is 2.66. The monoisotopic (exact) mass is 312 g/mol. The molecule has 5 heteroatoms. The smallest absolute Gasteiger partial charge is 0.251 e. The number of hydrogen-bond donors (Lipinski definition) is 1. The second-order valence-corrected chi connectivity index (χ2v) is 6.12. The van der Waals surface area contributed by atoms with E-state index in [0.29, 0.717) is 26.0 Å². The first kappa shape index (κ1) is 19.1. The molecule has 0 radical (unpaired) electrons. The van der Waals surface area contributed by atoms with Crippen LogP contribution in [0.3, 0.4) is 0 Å². The van der Waals surface area contributed by atoms with Gasteiger partial charge in [-0.15, -0.1) is 0 Å². The van der Waals surface area contributed by atoms with Crippen LogP contribution in [-0.4, -0.2) is 47.6 Å². The number of hydroxylamine groups is 2. The van der Waals surface area contributed by atoms with Gasteiger partial charge in [0.15, 0.2) is 0 Å². The van der Waals surface area contributed by atoms with Crippen LogP contribution in [0.15, 0.2) is 4.99 Å². The molecule has 0 spiro atoms. The van der Waals surface area contributed by atoms with Gasteiger partial charge in [-0.25, -0.2) is 5.06 Å². The third-order valence-electron chi connectivity index (χ3n) is 3.91. The zero-order valence-electron chi connectivity index (χ0n) is 14.2. The summed E-state index contributed by atoms with van der Waals surface area (Å²) in [4.78, 5) is 22.4. The van der Waals surface area contributed by atoms with E-state index in [-0.39, 0.29) is 18.6 Å². The topological polar surface area (TPSA) is 62.1 Å². The van der Waals surface area contributed by atoms with E-state index in [4.69, 9.17) is 9.94 Å². The first-order chi connectivity index (χ1) is 10.7. The second-order valence-electron chi connectivity index (χ2n) is 6.12. The Kier molecular flexibility index (Phi) is 10.1. The normalized spacial score (nSPS) is 19.2. The molecule has 5 nitrogen and oxygen atoms in total. The largest absolute Gasteiger partial charge is 0.396 e. The van der Waals surface area contributed by atoms with E-state index in [1.807, 2.05) is 6.92 Å². The van der Waals surface area contributed by atoms with Crippen molar-refractivity contribution in [2.24, 2.45) is 4.99 Å². The summed E-state index contributed by atoms with van der Waals surface area (Å²) in [6, 6.07) is 0.0446. The van der Waals surface area contributed by atoms with Gasteiger partial charge in [0, 0.05) is 12.3 Å². The van der Waals surface area contributed by atoms with Crippen molar-refractivity contribution in [1.82, 2.24) is 5.06 Å². The molecule has 1 unspecified atom stereocenters. The van der Waals surface area contributed by atoms with Gasteiger partial charge < -0.3 is 5.11 Å². The lowest BCUT2D eigenvalue weighted by Gasteiger charge is -2.22. The van der Waals surface area contributed by atoms with Crippen LogP contribution in [0.4, 0.5) is 0 Å². The summed E-state index contributed by atoms with van der Waals surface area (Å²) in [7, 11) is 0. The first-order valence-electron chi connectivity index (χ1n) is 8.74. The van der Waals surface area contributed by atoms with Crippen LogP contribution in [0.25, 0.3) is 0 Å². The molecule has 0 fully saturated rings. The highest BCUT2D eigenvalue weighted by Crippen LogP contribution is 2.13. The molecule has 1 aliphatic heterocycles. The second kappa shape index (κ2) is 11.6. The fourth-order valence-electron chi connectivity index (χ4n) is 2.66. The molecule has 0 aromatic carbocycles. The van der Waals surface area contributed by atoms with E-state index in [9.17, 15) is 4.79 Å². The predicted molar refractivity (Wildman–Crippen MR) is 88.9 cm³/mol. The van der Waals surface area contributed by atoms with Crippen molar-refractivity contribution in [3.05, 3.63) is 0 Å². The van der Waals surface area contributed by atoms with Gasteiger partial charge in [-0.2, -0.15) is 0 Å². The minimum absolute atomic E-state index is 0.00117. The number of hydrogen-bond acceptors (Lipinski definition) is 4. The molecule has 1 amide bonds. The van der Waals surface area contributed by atoms with Gasteiger partial charge in [-0.05, 0) is 26.2 Å². The predicted octanol–water partition coefficient (Wildman–Crippen LogP) is 3.11. The average molecular weight is 312 g/mol. The Labute approximate surface area is 134 Å². The van der Waals surface area contributed by atoms with E-state index >= 15 is 0 Å². The third-order valence-corrected chi connectivity index (χ3v) is 3.91. The lowest BCUT2D eigenvalue weighted by Crippen LogP contribution is -2.35. The number of aliphatic imine (C=N–C) groups is 1. The molecule has 1 rings (SSSR count). The lowest BCUT2D eigenvalue weighted by molar-refractivity contribution is -0.186. The molecule has 0 aliphatic carbocycles. The number of rotatable bonds is 11. The van der Waals surface area contributed by atoms with Gasteiger partial charge in [0.05, 0.1) is 25.6 Å². The van der Waals surface area contributed by atoms with E-state index in [1.165, 1.54) is 30.7 Å². The van der Waals surface area contributed by atoms with Crippen molar-refractivity contribution in [3.8, 4) is 0 Å². The quantitative estimate of drug-likeness (QED) is 0.596. The number of nitrogens with zero attached hydrogens (tertiary/aromatic N) is 2. The minimum atomic E-state index is -0.00117. The molecule has 22 heavy (non-hydrogen) atoms. The van der Waals surface area contributed by atoms with Crippen molar-refractivity contribution in [2.45, 2.75) is 77.7 Å². The summed E-state index contributed by atoms with van der Waals surface area (Å²) in [6.45, 7) is 5.37. The Bertz CT molecular complexity index is 345. The van der Waals surface area contributed by atoms with Crippen LogP contribution in [0, 0.1) is 0 Å². The van der Waals surface area contributed by atoms with Crippen molar-refractivity contribution in [2.75, 3.05) is 19.8 Å². The summed E-state index contributed by atoms with van der Waals surface area (Å²) >= 11 is 0. The van der Waals surface area contributed by atoms with Crippen LogP contribution >= 0.6 is 0 Å². The highest BCUT2D eigenvalue weighted by molar-refractivity contribution is 6.00. The van der Waals surface area contributed by atoms with Crippen LogP contribution in [0.5, 0.6) is 0 Å². The number of unbranched alkanes of at least 4 members (excludes halogenated alkanes) is 5. The summed E-state index contributed by atoms with van der Waals surface area (Å²) in [5, 5.41) is 10.4. The van der Waals surface area contributed by atoms with E-state index in [1.54, 1.807) is 0 Å². The van der Waals surface area contributed by atoms with Gasteiger partial charge >= 0.3 is 0 Å². The van der Waals surface area contributed by atoms with E-state index < -0.39 is 0 Å². The molecular weight excluding hydrogens is 280 g/mol. The number of aliphatic hydroxyl groups excluding tert-OH is 1. The highest BCUT2D eigenvalue weighted by Gasteiger charge is 2.23. The molecule has 0 saturated carbocycles.